The first-order valence-electron chi connectivity index (χ1n) is 9.83. The molecule has 0 aliphatic rings. The van der Waals surface area contributed by atoms with E-state index >= 15 is 0 Å². The Balaban J connectivity index is 1.78. The lowest BCUT2D eigenvalue weighted by Gasteiger charge is -2.11. The van der Waals surface area contributed by atoms with Crippen LogP contribution in [0, 0.1) is 0 Å². The van der Waals surface area contributed by atoms with Gasteiger partial charge in [0.15, 0.2) is 0 Å². The quantitative estimate of drug-likeness (QED) is 0.333. The molecule has 0 unspecified atom stereocenters. The minimum atomic E-state index is -4.50. The average molecular weight is 467 g/mol. The van der Waals surface area contributed by atoms with Crippen molar-refractivity contribution >= 4 is 17.2 Å². The smallest absolute Gasteiger partial charge is 0.298 e. The topological polar surface area (TPSA) is 52.2 Å². The summed E-state index contributed by atoms with van der Waals surface area (Å²) < 4.78 is 42.9. The van der Waals surface area contributed by atoms with E-state index in [2.05, 4.69) is 10.1 Å². The van der Waals surface area contributed by atoms with Crippen LogP contribution in [-0.2, 0) is 6.18 Å². The molecule has 9 heteroatoms. The van der Waals surface area contributed by atoms with E-state index in [1.165, 1.54) is 18.2 Å². The van der Waals surface area contributed by atoms with Gasteiger partial charge in [0, 0.05) is 17.8 Å². The lowest BCUT2D eigenvalue weighted by atomic mass is 10.0. The van der Waals surface area contributed by atoms with Gasteiger partial charge in [-0.2, -0.15) is 23.0 Å². The molecular weight excluding hydrogens is 453 g/mol. The molecule has 2 aromatic carbocycles. The second-order valence-electron chi connectivity index (χ2n) is 7.24. The predicted octanol–water partition coefficient (Wildman–Crippen LogP) is 5.89. The Labute approximate surface area is 190 Å². The highest BCUT2D eigenvalue weighted by atomic mass is 35.5. The largest absolute Gasteiger partial charge is 0.416 e. The summed E-state index contributed by atoms with van der Waals surface area (Å²) in [7, 11) is 0. The molecule has 3 heterocycles. The molecule has 0 saturated carbocycles. The van der Waals surface area contributed by atoms with E-state index in [4.69, 9.17) is 11.6 Å². The first kappa shape index (κ1) is 21.0. The van der Waals surface area contributed by atoms with Crippen LogP contribution in [0.2, 0.25) is 5.02 Å². The van der Waals surface area contributed by atoms with Crippen molar-refractivity contribution in [2.75, 3.05) is 0 Å². The molecule has 0 fully saturated rings. The molecule has 5 aromatic rings. The Hall–Kier alpha value is -3.91. The van der Waals surface area contributed by atoms with E-state index in [1.54, 1.807) is 59.1 Å². The minimum absolute atomic E-state index is 0.279. The number of nitrogens with zero attached hydrogens (tertiary/aromatic N) is 4. The van der Waals surface area contributed by atoms with Crippen LogP contribution in [-0.4, -0.2) is 19.2 Å². The molecule has 164 valence electrons. The lowest BCUT2D eigenvalue weighted by molar-refractivity contribution is -0.137. The number of hydrogen-bond donors (Lipinski definition) is 0. The van der Waals surface area contributed by atoms with Gasteiger partial charge >= 0.3 is 6.18 Å². The molecular formula is C24H14ClF3N4O. The third-order valence-corrected chi connectivity index (χ3v) is 5.44. The zero-order valence-electron chi connectivity index (χ0n) is 16.8. The summed E-state index contributed by atoms with van der Waals surface area (Å²) in [5.74, 6) is 0. The predicted molar refractivity (Wildman–Crippen MR) is 119 cm³/mol. The zero-order chi connectivity index (χ0) is 23.2. The van der Waals surface area contributed by atoms with Crippen LogP contribution in [0.5, 0.6) is 0 Å². The van der Waals surface area contributed by atoms with Gasteiger partial charge in [-0.25, -0.2) is 4.98 Å². The Morgan fingerprint density at radius 3 is 2.45 bits per heavy atom. The van der Waals surface area contributed by atoms with Crippen LogP contribution in [0.15, 0.2) is 89.9 Å². The van der Waals surface area contributed by atoms with Crippen molar-refractivity contribution in [1.82, 2.24) is 19.2 Å². The van der Waals surface area contributed by atoms with Crippen molar-refractivity contribution in [3.05, 3.63) is 106 Å². The number of rotatable bonds is 3. The van der Waals surface area contributed by atoms with Crippen LogP contribution >= 0.6 is 11.6 Å². The Kier molecular flexibility index (Phi) is 5.02. The summed E-state index contributed by atoms with van der Waals surface area (Å²) >= 11 is 6.27. The summed E-state index contributed by atoms with van der Waals surface area (Å²) in [4.78, 5) is 17.1. The third-order valence-electron chi connectivity index (χ3n) is 5.12. The number of alkyl halides is 3. The summed E-state index contributed by atoms with van der Waals surface area (Å²) in [5.41, 5.74) is 1.12. The molecule has 0 radical (unpaired) electrons. The van der Waals surface area contributed by atoms with Crippen molar-refractivity contribution in [2.45, 2.75) is 6.18 Å². The van der Waals surface area contributed by atoms with Crippen molar-refractivity contribution < 1.29 is 13.2 Å². The number of aromatic nitrogens is 4. The van der Waals surface area contributed by atoms with Gasteiger partial charge in [-0.05, 0) is 42.5 Å². The molecule has 33 heavy (non-hydrogen) atoms. The Bertz CT molecular complexity index is 1560. The van der Waals surface area contributed by atoms with Gasteiger partial charge in [-0.3, -0.25) is 9.20 Å². The highest BCUT2D eigenvalue weighted by molar-refractivity contribution is 6.32. The van der Waals surface area contributed by atoms with Gasteiger partial charge in [-0.15, -0.1) is 0 Å². The average Bonchev–Trinajstić information content (AvgIpc) is 3.19. The van der Waals surface area contributed by atoms with Crippen molar-refractivity contribution in [2.24, 2.45) is 0 Å². The maximum absolute atomic E-state index is 13.3. The van der Waals surface area contributed by atoms with Gasteiger partial charge < -0.3 is 0 Å². The number of benzene rings is 2. The van der Waals surface area contributed by atoms with Crippen molar-refractivity contribution in [3.63, 3.8) is 0 Å². The number of imidazole rings is 1. The number of halogens is 4. The summed E-state index contributed by atoms with van der Waals surface area (Å²) in [6.07, 6.45) is -2.76. The standard InChI is InChI=1S/C24H14ClF3N4O/c25-17-8-1-2-9-19(17)32-21(33)12-11-18(30-32)23-22(29-20-10-3-4-13-31(20)23)15-6-5-7-16(14-15)24(26,27)28/h1-14H. The molecule has 5 rings (SSSR count). The van der Waals surface area contributed by atoms with E-state index in [0.29, 0.717) is 33.4 Å². The van der Waals surface area contributed by atoms with Gasteiger partial charge in [0.2, 0.25) is 0 Å². The fraction of sp³-hybridized carbons (Fsp3) is 0.0417. The summed E-state index contributed by atoms with van der Waals surface area (Å²) in [6.45, 7) is 0. The molecule has 0 atom stereocenters. The molecule has 0 amide bonds. The van der Waals surface area contributed by atoms with Gasteiger partial charge in [-0.1, -0.05) is 41.9 Å². The molecule has 0 aliphatic carbocycles. The van der Waals surface area contributed by atoms with Crippen LogP contribution < -0.4 is 5.56 Å². The second kappa shape index (κ2) is 7.90. The van der Waals surface area contributed by atoms with Gasteiger partial charge in [0.05, 0.1) is 22.0 Å². The number of hydrogen-bond acceptors (Lipinski definition) is 3. The maximum atomic E-state index is 13.3. The first-order chi connectivity index (χ1) is 15.8. The van der Waals surface area contributed by atoms with Crippen LogP contribution in [0.25, 0.3) is 34.0 Å². The van der Waals surface area contributed by atoms with E-state index in [-0.39, 0.29) is 5.56 Å². The number of fused-ring (bicyclic) bond motifs is 1. The van der Waals surface area contributed by atoms with E-state index in [1.807, 2.05) is 0 Å². The van der Waals surface area contributed by atoms with E-state index in [0.717, 1.165) is 16.8 Å². The molecule has 0 bridgehead atoms. The highest BCUT2D eigenvalue weighted by Gasteiger charge is 2.31. The number of pyridine rings is 1. The monoisotopic (exact) mass is 466 g/mol. The summed E-state index contributed by atoms with van der Waals surface area (Å²) in [6, 6.07) is 19.9. The normalized spacial score (nSPS) is 11.8. The van der Waals surface area contributed by atoms with Crippen molar-refractivity contribution in [3.8, 4) is 28.3 Å². The fourth-order valence-electron chi connectivity index (χ4n) is 3.62. The van der Waals surface area contributed by atoms with E-state index in [9.17, 15) is 18.0 Å². The molecule has 3 aromatic heterocycles. The maximum Gasteiger partial charge on any atom is 0.416 e. The van der Waals surface area contributed by atoms with Crippen LogP contribution in [0.1, 0.15) is 5.56 Å². The number of para-hydroxylation sites is 1. The molecule has 5 nitrogen and oxygen atoms in total. The second-order valence-corrected chi connectivity index (χ2v) is 7.64. The van der Waals surface area contributed by atoms with Gasteiger partial charge in [0.1, 0.15) is 17.0 Å². The first-order valence-corrected chi connectivity index (χ1v) is 10.2. The molecule has 0 N–H and O–H groups in total. The van der Waals surface area contributed by atoms with Crippen LogP contribution in [0.4, 0.5) is 13.2 Å². The highest BCUT2D eigenvalue weighted by Crippen LogP contribution is 2.36. The SMILES string of the molecule is O=c1ccc(-c2c(-c3cccc(C(F)(F)F)c3)nc3ccccn23)nn1-c1ccccc1Cl. The Morgan fingerprint density at radius 2 is 1.67 bits per heavy atom. The van der Waals surface area contributed by atoms with Gasteiger partial charge in [0.25, 0.3) is 5.56 Å². The zero-order valence-corrected chi connectivity index (χ0v) is 17.5. The minimum Gasteiger partial charge on any atom is -0.298 e. The summed E-state index contributed by atoms with van der Waals surface area (Å²) in [5, 5.41) is 4.82. The van der Waals surface area contributed by atoms with Crippen LogP contribution in [0.3, 0.4) is 0 Å². The molecule has 0 aliphatic heterocycles. The lowest BCUT2D eigenvalue weighted by Crippen LogP contribution is -2.21. The van der Waals surface area contributed by atoms with Crippen molar-refractivity contribution in [1.29, 1.82) is 0 Å². The molecule has 0 spiro atoms. The molecule has 0 saturated heterocycles. The van der Waals surface area contributed by atoms with E-state index < -0.39 is 17.3 Å². The Morgan fingerprint density at radius 1 is 0.879 bits per heavy atom. The third kappa shape index (κ3) is 3.78. The fourth-order valence-corrected chi connectivity index (χ4v) is 3.83.